The van der Waals surface area contributed by atoms with Crippen LogP contribution in [-0.4, -0.2) is 51.0 Å². The number of alkyl halides is 2. The lowest BCUT2D eigenvalue weighted by molar-refractivity contribution is -0.151. The van der Waals surface area contributed by atoms with Gasteiger partial charge in [0.15, 0.2) is 0 Å². The molecule has 0 N–H and O–H groups in total. The maximum absolute atomic E-state index is 12.9. The molecule has 2 aromatic carbocycles. The van der Waals surface area contributed by atoms with Crippen molar-refractivity contribution in [2.45, 2.75) is 37.9 Å². The van der Waals surface area contributed by atoms with E-state index in [0.29, 0.717) is 18.4 Å². The summed E-state index contributed by atoms with van der Waals surface area (Å²) in [5, 5.41) is 0. The van der Waals surface area contributed by atoms with Crippen LogP contribution < -0.4 is 4.74 Å². The van der Waals surface area contributed by atoms with E-state index >= 15 is 0 Å². The zero-order valence-corrected chi connectivity index (χ0v) is 19.3. The van der Waals surface area contributed by atoms with Crippen molar-refractivity contribution in [2.75, 3.05) is 19.7 Å². The Kier molecular flexibility index (Phi) is 8.56. The van der Waals surface area contributed by atoms with Gasteiger partial charge in [-0.15, -0.1) is 0 Å². The monoisotopic (exact) mass is 497 g/mol. The van der Waals surface area contributed by atoms with Gasteiger partial charge in [-0.05, 0) is 61.7 Å². The van der Waals surface area contributed by atoms with E-state index < -0.39 is 34.5 Å². The first kappa shape index (κ1) is 25.6. The molecule has 3 rings (SSSR count). The number of esters is 2. The maximum Gasteiger partial charge on any atom is 0.387 e. The van der Waals surface area contributed by atoms with Gasteiger partial charge < -0.3 is 14.2 Å². The number of carbonyl (C=O) groups is 2. The second kappa shape index (κ2) is 11.4. The highest BCUT2D eigenvalue weighted by molar-refractivity contribution is 7.89. The van der Waals surface area contributed by atoms with Crippen LogP contribution in [0.2, 0.25) is 0 Å². The summed E-state index contributed by atoms with van der Waals surface area (Å²) in [7, 11) is -3.77. The predicted molar refractivity (Wildman–Crippen MR) is 117 cm³/mol. The van der Waals surface area contributed by atoms with Crippen molar-refractivity contribution in [3.05, 3.63) is 59.7 Å². The lowest BCUT2D eigenvalue weighted by Crippen LogP contribution is -2.40. The number of carbonyl (C=O) groups excluding carboxylic acids is 2. The molecule has 0 amide bonds. The first-order valence-corrected chi connectivity index (χ1v) is 12.1. The molecule has 0 aromatic heterocycles. The van der Waals surface area contributed by atoms with Crippen molar-refractivity contribution >= 4 is 22.0 Å². The largest absolute Gasteiger partial charge is 0.462 e. The van der Waals surface area contributed by atoms with Crippen molar-refractivity contribution in [1.29, 1.82) is 0 Å². The van der Waals surface area contributed by atoms with Crippen molar-refractivity contribution in [3.63, 3.8) is 0 Å². The smallest absolute Gasteiger partial charge is 0.387 e. The zero-order chi connectivity index (χ0) is 24.7. The third-order valence-corrected chi connectivity index (χ3v) is 7.23. The minimum absolute atomic E-state index is 0.00851. The van der Waals surface area contributed by atoms with Crippen LogP contribution in [0.5, 0.6) is 5.75 Å². The van der Waals surface area contributed by atoms with Gasteiger partial charge in [-0.1, -0.05) is 12.1 Å². The Morgan fingerprint density at radius 3 is 2.18 bits per heavy atom. The summed E-state index contributed by atoms with van der Waals surface area (Å²) in [6.45, 7) is -0.732. The molecule has 0 spiro atoms. The normalized spacial score (nSPS) is 15.2. The molecule has 184 valence electrons. The highest BCUT2D eigenvalue weighted by Gasteiger charge is 2.33. The van der Waals surface area contributed by atoms with E-state index in [-0.39, 0.29) is 42.5 Å². The number of hydrogen-bond acceptors (Lipinski definition) is 7. The summed E-state index contributed by atoms with van der Waals surface area (Å²) in [6, 6.07) is 11.3. The van der Waals surface area contributed by atoms with Gasteiger partial charge in [0, 0.05) is 13.1 Å². The third-order valence-electron chi connectivity index (χ3n) is 5.32. The molecule has 11 heteroatoms. The molecular weight excluding hydrogens is 472 g/mol. The summed E-state index contributed by atoms with van der Waals surface area (Å²) in [5.74, 6) is -1.40. The highest BCUT2D eigenvalue weighted by Crippen LogP contribution is 2.25. The van der Waals surface area contributed by atoms with Crippen LogP contribution in [0.15, 0.2) is 53.4 Å². The number of benzene rings is 2. The zero-order valence-electron chi connectivity index (χ0n) is 18.5. The minimum atomic E-state index is -3.77. The Balaban J connectivity index is 1.51. The van der Waals surface area contributed by atoms with Crippen molar-refractivity contribution in [2.24, 2.45) is 5.92 Å². The van der Waals surface area contributed by atoms with Crippen LogP contribution >= 0.6 is 0 Å². The van der Waals surface area contributed by atoms with E-state index in [1.165, 1.54) is 52.8 Å². The van der Waals surface area contributed by atoms with Crippen LogP contribution in [0.3, 0.4) is 0 Å². The molecule has 0 unspecified atom stereocenters. The number of piperidine rings is 1. The Morgan fingerprint density at radius 1 is 1.00 bits per heavy atom. The van der Waals surface area contributed by atoms with E-state index in [9.17, 15) is 26.8 Å². The lowest BCUT2D eigenvalue weighted by atomic mass is 9.98. The molecule has 0 aliphatic carbocycles. The molecule has 0 bridgehead atoms. The van der Waals surface area contributed by atoms with Crippen LogP contribution in [0.25, 0.3) is 0 Å². The van der Waals surface area contributed by atoms with Crippen LogP contribution in [0.4, 0.5) is 8.78 Å². The molecule has 1 aliphatic heterocycles. The molecule has 1 heterocycles. The second-order valence-electron chi connectivity index (χ2n) is 7.55. The molecule has 1 aliphatic rings. The summed E-state index contributed by atoms with van der Waals surface area (Å²) >= 11 is 0. The van der Waals surface area contributed by atoms with E-state index in [1.54, 1.807) is 6.92 Å². The molecule has 0 radical (unpaired) electrons. The van der Waals surface area contributed by atoms with Gasteiger partial charge >= 0.3 is 18.6 Å². The predicted octanol–water partition coefficient (Wildman–Crippen LogP) is 3.61. The fourth-order valence-corrected chi connectivity index (χ4v) is 4.97. The van der Waals surface area contributed by atoms with Gasteiger partial charge in [-0.3, -0.25) is 4.79 Å². The van der Waals surface area contributed by atoms with E-state index in [2.05, 4.69) is 4.74 Å². The Bertz CT molecular complexity index is 1080. The Hall–Kier alpha value is -3.05. The maximum atomic E-state index is 12.9. The summed E-state index contributed by atoms with van der Waals surface area (Å²) in [4.78, 5) is 24.2. The minimum Gasteiger partial charge on any atom is -0.462 e. The number of halogens is 2. The van der Waals surface area contributed by atoms with E-state index in [4.69, 9.17) is 9.47 Å². The van der Waals surface area contributed by atoms with Crippen LogP contribution in [-0.2, 0) is 30.9 Å². The molecule has 0 saturated carbocycles. The van der Waals surface area contributed by atoms with Crippen molar-refractivity contribution < 1.29 is 41.0 Å². The SMILES string of the molecule is CCOC(=O)c1ccc(S(=O)(=O)N2CCC(C(=O)OCc3ccc(OC(F)F)cc3)CC2)cc1. The van der Waals surface area contributed by atoms with E-state index in [0.717, 1.165) is 0 Å². The topological polar surface area (TPSA) is 99.2 Å². The van der Waals surface area contributed by atoms with Gasteiger partial charge in [0.25, 0.3) is 0 Å². The summed E-state index contributed by atoms with van der Waals surface area (Å²) in [6.07, 6.45) is 0.611. The average Bonchev–Trinajstić information content (AvgIpc) is 2.83. The average molecular weight is 498 g/mol. The van der Waals surface area contributed by atoms with Crippen molar-refractivity contribution in [1.82, 2.24) is 4.31 Å². The van der Waals surface area contributed by atoms with Gasteiger partial charge in [0.2, 0.25) is 10.0 Å². The number of sulfonamides is 1. The standard InChI is InChI=1S/C23H25F2NO7S/c1-2-31-21(27)17-5-9-20(10-6-17)34(29,30)26-13-11-18(12-14-26)22(28)32-15-16-3-7-19(8-4-16)33-23(24)25/h3-10,18,23H,2,11-15H2,1H3. The van der Waals surface area contributed by atoms with Gasteiger partial charge in [-0.25, -0.2) is 13.2 Å². The van der Waals surface area contributed by atoms with Gasteiger partial charge in [0.1, 0.15) is 12.4 Å². The quantitative estimate of drug-likeness (QED) is 0.488. The molecule has 2 aromatic rings. The first-order chi connectivity index (χ1) is 16.2. The van der Waals surface area contributed by atoms with Crippen LogP contribution in [0, 0.1) is 5.92 Å². The number of hydrogen-bond donors (Lipinski definition) is 0. The molecule has 1 fully saturated rings. The Labute approximate surface area is 196 Å². The third kappa shape index (κ3) is 6.51. The number of rotatable bonds is 9. The lowest BCUT2D eigenvalue weighted by Gasteiger charge is -2.30. The molecular formula is C23H25F2NO7S. The fraction of sp³-hybridized carbons (Fsp3) is 0.391. The van der Waals surface area contributed by atoms with Gasteiger partial charge in [0.05, 0.1) is 23.0 Å². The number of ether oxygens (including phenoxy) is 3. The van der Waals surface area contributed by atoms with Gasteiger partial charge in [-0.2, -0.15) is 13.1 Å². The fourth-order valence-electron chi connectivity index (χ4n) is 3.50. The van der Waals surface area contributed by atoms with E-state index in [1.807, 2.05) is 0 Å². The summed E-state index contributed by atoms with van der Waals surface area (Å²) in [5.41, 5.74) is 0.875. The second-order valence-corrected chi connectivity index (χ2v) is 9.49. The Morgan fingerprint density at radius 2 is 1.62 bits per heavy atom. The van der Waals surface area contributed by atoms with Crippen molar-refractivity contribution in [3.8, 4) is 5.75 Å². The highest BCUT2D eigenvalue weighted by atomic mass is 32.2. The first-order valence-electron chi connectivity index (χ1n) is 10.7. The molecule has 1 saturated heterocycles. The molecule has 8 nitrogen and oxygen atoms in total. The molecule has 34 heavy (non-hydrogen) atoms. The van der Waals surface area contributed by atoms with Crippen LogP contribution in [0.1, 0.15) is 35.7 Å². The number of nitrogens with zero attached hydrogens (tertiary/aromatic N) is 1. The summed E-state index contributed by atoms with van der Waals surface area (Å²) < 4.78 is 66.0. The molecule has 0 atom stereocenters.